The van der Waals surface area contributed by atoms with E-state index in [-0.39, 0.29) is 17.8 Å². The summed E-state index contributed by atoms with van der Waals surface area (Å²) in [5.41, 5.74) is 1.97. The molecule has 30 heavy (non-hydrogen) atoms. The van der Waals surface area contributed by atoms with Gasteiger partial charge >= 0.3 is 5.76 Å². The molecule has 2 heterocycles. The summed E-state index contributed by atoms with van der Waals surface area (Å²) in [5.74, 6) is -0.374. The van der Waals surface area contributed by atoms with Crippen molar-refractivity contribution in [2.45, 2.75) is 26.3 Å². The number of carbonyl (C=O) groups excluding carboxylic acids is 1. The van der Waals surface area contributed by atoms with Crippen molar-refractivity contribution in [1.29, 1.82) is 0 Å². The average Bonchev–Trinajstić information content (AvgIpc) is 3.03. The van der Waals surface area contributed by atoms with Crippen molar-refractivity contribution in [3.8, 4) is 0 Å². The van der Waals surface area contributed by atoms with E-state index in [2.05, 4.69) is 17.1 Å². The lowest BCUT2D eigenvalue weighted by Gasteiger charge is -2.32. The Bertz CT molecular complexity index is 1140. The number of amides is 1. The second kappa shape index (κ2) is 8.02. The number of fused-ring (bicyclic) bond motifs is 1. The molecule has 1 fully saturated rings. The molecule has 0 radical (unpaired) electrons. The fraction of sp³-hybridized carbons (Fsp3) is 0.333. The van der Waals surface area contributed by atoms with E-state index in [1.54, 1.807) is 0 Å². The smallest absolute Gasteiger partial charge is 0.407 e. The van der Waals surface area contributed by atoms with Crippen molar-refractivity contribution in [3.63, 3.8) is 0 Å². The van der Waals surface area contributed by atoms with Crippen LogP contribution in [0.5, 0.6) is 0 Å². The maximum absolute atomic E-state index is 12.4. The van der Waals surface area contributed by atoms with Crippen LogP contribution in [0.15, 0.2) is 51.7 Å². The van der Waals surface area contributed by atoms with Gasteiger partial charge in [0.15, 0.2) is 5.58 Å². The van der Waals surface area contributed by atoms with Crippen LogP contribution in [-0.2, 0) is 11.3 Å². The maximum Gasteiger partial charge on any atom is 0.420 e. The molecule has 0 aliphatic carbocycles. The summed E-state index contributed by atoms with van der Waals surface area (Å²) < 4.78 is 6.20. The van der Waals surface area contributed by atoms with Crippen molar-refractivity contribution in [2.24, 2.45) is 5.92 Å². The molecule has 156 valence electrons. The molecule has 2 aromatic carbocycles. The molecule has 3 aromatic rings. The number of nitro benzene ring substituents is 1. The first-order valence-corrected chi connectivity index (χ1v) is 9.83. The van der Waals surface area contributed by atoms with Crippen LogP contribution in [0.1, 0.15) is 19.8 Å². The fourth-order valence-electron chi connectivity index (χ4n) is 3.68. The number of nitrogens with zero attached hydrogens (tertiary/aromatic N) is 3. The van der Waals surface area contributed by atoms with E-state index in [0.29, 0.717) is 11.2 Å². The molecule has 0 unspecified atom stereocenters. The lowest BCUT2D eigenvalue weighted by Crippen LogP contribution is -2.32. The first-order valence-electron chi connectivity index (χ1n) is 9.83. The van der Waals surface area contributed by atoms with Crippen LogP contribution in [-0.4, -0.2) is 28.5 Å². The van der Waals surface area contributed by atoms with Crippen molar-refractivity contribution >= 4 is 34.1 Å². The van der Waals surface area contributed by atoms with Gasteiger partial charge in [-0.25, -0.2) is 4.79 Å². The Morgan fingerprint density at radius 1 is 1.20 bits per heavy atom. The van der Waals surface area contributed by atoms with Crippen molar-refractivity contribution in [3.05, 3.63) is 63.1 Å². The van der Waals surface area contributed by atoms with Gasteiger partial charge in [0, 0.05) is 30.5 Å². The number of oxazole rings is 1. The predicted molar refractivity (Wildman–Crippen MR) is 113 cm³/mol. The summed E-state index contributed by atoms with van der Waals surface area (Å²) >= 11 is 0. The number of benzene rings is 2. The van der Waals surface area contributed by atoms with Crippen LogP contribution >= 0.6 is 0 Å². The number of aromatic nitrogens is 1. The molecule has 4 rings (SSSR count). The third kappa shape index (κ3) is 4.05. The zero-order chi connectivity index (χ0) is 21.3. The standard InChI is InChI=1S/C21H22N4O5/c1-14-8-10-23(11-9-14)16-4-2-15(3-5-16)22-20(26)13-24-18-7-6-17(25(28)29)12-19(18)30-21(24)27/h2-7,12,14H,8-11,13H2,1H3,(H,22,26). The van der Waals surface area contributed by atoms with Gasteiger partial charge in [-0.3, -0.25) is 19.5 Å². The molecule has 1 saturated heterocycles. The van der Waals surface area contributed by atoms with Crippen molar-refractivity contribution in [2.75, 3.05) is 23.3 Å². The van der Waals surface area contributed by atoms with Crippen LogP contribution in [0, 0.1) is 16.0 Å². The number of nitro groups is 1. The molecule has 0 spiro atoms. The fourth-order valence-corrected chi connectivity index (χ4v) is 3.68. The molecule has 0 saturated carbocycles. The molecular formula is C21H22N4O5. The van der Waals surface area contributed by atoms with Gasteiger partial charge in [-0.1, -0.05) is 6.92 Å². The SMILES string of the molecule is CC1CCN(c2ccc(NC(=O)Cn3c(=O)oc4cc([N+](=O)[O-])ccc43)cc2)CC1. The highest BCUT2D eigenvalue weighted by atomic mass is 16.6. The Balaban J connectivity index is 1.44. The summed E-state index contributed by atoms with van der Waals surface area (Å²) in [7, 11) is 0. The molecule has 9 nitrogen and oxygen atoms in total. The monoisotopic (exact) mass is 410 g/mol. The number of non-ortho nitro benzene ring substituents is 1. The summed E-state index contributed by atoms with van der Waals surface area (Å²) in [4.78, 5) is 37.2. The number of rotatable bonds is 5. The summed E-state index contributed by atoms with van der Waals surface area (Å²) in [6, 6.07) is 11.5. The quantitative estimate of drug-likeness (QED) is 0.510. The lowest BCUT2D eigenvalue weighted by molar-refractivity contribution is -0.384. The number of piperidine rings is 1. The average molecular weight is 410 g/mol. The van der Waals surface area contributed by atoms with E-state index in [9.17, 15) is 19.7 Å². The van der Waals surface area contributed by atoms with Crippen LogP contribution in [0.25, 0.3) is 11.1 Å². The third-order valence-corrected chi connectivity index (χ3v) is 5.46. The van der Waals surface area contributed by atoms with Gasteiger partial charge in [0.25, 0.3) is 5.69 Å². The Morgan fingerprint density at radius 3 is 2.57 bits per heavy atom. The predicted octanol–water partition coefficient (Wildman–Crippen LogP) is 3.38. The van der Waals surface area contributed by atoms with E-state index in [1.165, 1.54) is 31.0 Å². The first kappa shape index (κ1) is 19.7. The van der Waals surface area contributed by atoms with Crippen LogP contribution in [0.3, 0.4) is 0 Å². The Kier molecular flexibility index (Phi) is 5.26. The van der Waals surface area contributed by atoms with E-state index in [1.807, 2.05) is 24.3 Å². The van der Waals surface area contributed by atoms with Gasteiger partial charge in [0.1, 0.15) is 6.54 Å². The minimum Gasteiger partial charge on any atom is -0.407 e. The molecular weight excluding hydrogens is 388 g/mol. The first-order chi connectivity index (χ1) is 14.4. The summed E-state index contributed by atoms with van der Waals surface area (Å²) in [5, 5.41) is 13.6. The van der Waals surface area contributed by atoms with Crippen molar-refractivity contribution < 1.29 is 14.1 Å². The molecule has 1 aliphatic heterocycles. The van der Waals surface area contributed by atoms with Gasteiger partial charge < -0.3 is 14.6 Å². The van der Waals surface area contributed by atoms with Gasteiger partial charge in [0.05, 0.1) is 16.5 Å². The number of carbonyl (C=O) groups is 1. The molecule has 1 aromatic heterocycles. The molecule has 0 bridgehead atoms. The Hall–Kier alpha value is -3.62. The third-order valence-electron chi connectivity index (χ3n) is 5.46. The molecule has 1 aliphatic rings. The molecule has 9 heteroatoms. The van der Waals surface area contributed by atoms with E-state index in [0.717, 1.165) is 29.3 Å². The summed E-state index contributed by atoms with van der Waals surface area (Å²) in [6.45, 7) is 4.07. The van der Waals surface area contributed by atoms with E-state index < -0.39 is 16.6 Å². The topological polar surface area (TPSA) is 111 Å². The highest BCUT2D eigenvalue weighted by molar-refractivity contribution is 5.91. The van der Waals surface area contributed by atoms with Crippen LogP contribution < -0.4 is 16.0 Å². The van der Waals surface area contributed by atoms with Gasteiger partial charge in [-0.2, -0.15) is 0 Å². The highest BCUT2D eigenvalue weighted by Gasteiger charge is 2.17. The second-order valence-electron chi connectivity index (χ2n) is 7.63. The zero-order valence-corrected chi connectivity index (χ0v) is 16.5. The molecule has 1 amide bonds. The van der Waals surface area contributed by atoms with Gasteiger partial charge in [-0.05, 0) is 49.1 Å². The molecule has 1 N–H and O–H groups in total. The Labute approximate surface area is 172 Å². The van der Waals surface area contributed by atoms with E-state index >= 15 is 0 Å². The normalized spacial score (nSPS) is 14.8. The number of anilines is 2. The summed E-state index contributed by atoms with van der Waals surface area (Å²) in [6.07, 6.45) is 2.35. The lowest BCUT2D eigenvalue weighted by atomic mass is 9.99. The van der Waals surface area contributed by atoms with E-state index in [4.69, 9.17) is 4.42 Å². The molecule has 0 atom stereocenters. The van der Waals surface area contributed by atoms with Gasteiger partial charge in [0.2, 0.25) is 5.91 Å². The van der Waals surface area contributed by atoms with Crippen molar-refractivity contribution in [1.82, 2.24) is 4.57 Å². The maximum atomic E-state index is 12.4. The minimum atomic E-state index is -0.740. The minimum absolute atomic E-state index is 0.0715. The van der Waals surface area contributed by atoms with Crippen LogP contribution in [0.4, 0.5) is 17.1 Å². The second-order valence-corrected chi connectivity index (χ2v) is 7.63. The zero-order valence-electron chi connectivity index (χ0n) is 16.5. The number of nitrogens with one attached hydrogen (secondary N) is 1. The van der Waals surface area contributed by atoms with Gasteiger partial charge in [-0.15, -0.1) is 0 Å². The largest absolute Gasteiger partial charge is 0.420 e. The van der Waals surface area contributed by atoms with Crippen LogP contribution in [0.2, 0.25) is 0 Å². The highest BCUT2D eigenvalue weighted by Crippen LogP contribution is 2.24. The number of hydrogen-bond acceptors (Lipinski definition) is 6. The number of hydrogen-bond donors (Lipinski definition) is 1. The Morgan fingerprint density at radius 2 is 1.90 bits per heavy atom.